The van der Waals surface area contributed by atoms with Crippen LogP contribution in [0.2, 0.25) is 0 Å². The van der Waals surface area contributed by atoms with Gasteiger partial charge >= 0.3 is 5.97 Å². The highest BCUT2D eigenvalue weighted by molar-refractivity contribution is 5.73. The molecule has 116 valence electrons. The summed E-state index contributed by atoms with van der Waals surface area (Å²) in [7, 11) is 1.53. The lowest BCUT2D eigenvalue weighted by Crippen LogP contribution is -2.32. The van der Waals surface area contributed by atoms with Crippen molar-refractivity contribution in [2.24, 2.45) is 5.73 Å². The summed E-state index contributed by atoms with van der Waals surface area (Å²) in [5, 5.41) is 8.93. The van der Waals surface area contributed by atoms with E-state index in [-0.39, 0.29) is 6.42 Å². The van der Waals surface area contributed by atoms with E-state index >= 15 is 0 Å². The maximum atomic E-state index is 10.9. The minimum atomic E-state index is -1.04. The molecule has 0 heterocycles. The fraction of sp³-hybridized carbons (Fsp3) is 0.235. The molecule has 0 fully saturated rings. The average molecular weight is 301 g/mol. The van der Waals surface area contributed by atoms with E-state index in [1.54, 1.807) is 18.2 Å². The maximum Gasteiger partial charge on any atom is 0.320 e. The molecule has 0 aliphatic rings. The second-order valence-electron chi connectivity index (χ2n) is 4.87. The highest BCUT2D eigenvalue weighted by atomic mass is 16.5. The summed E-state index contributed by atoms with van der Waals surface area (Å²) >= 11 is 0. The number of benzene rings is 2. The Balaban J connectivity index is 2.15. The normalized spacial score (nSPS) is 11.7. The van der Waals surface area contributed by atoms with Crippen LogP contribution in [0.3, 0.4) is 0 Å². The van der Waals surface area contributed by atoms with Gasteiger partial charge in [-0.3, -0.25) is 4.79 Å². The van der Waals surface area contributed by atoms with Gasteiger partial charge in [-0.2, -0.15) is 0 Å². The molecule has 2 aromatic carbocycles. The van der Waals surface area contributed by atoms with Gasteiger partial charge in [-0.1, -0.05) is 42.5 Å². The molecule has 2 rings (SSSR count). The molecule has 3 N–H and O–H groups in total. The van der Waals surface area contributed by atoms with Crippen molar-refractivity contribution in [2.45, 2.75) is 19.1 Å². The molecular weight excluding hydrogens is 282 g/mol. The molecule has 0 bridgehead atoms. The van der Waals surface area contributed by atoms with E-state index in [9.17, 15) is 4.79 Å². The Labute approximate surface area is 129 Å². The summed E-state index contributed by atoms with van der Waals surface area (Å²) in [6, 6.07) is 14.2. The Bertz CT molecular complexity index is 628. The first-order chi connectivity index (χ1) is 10.6. The predicted molar refractivity (Wildman–Crippen MR) is 83.1 cm³/mol. The van der Waals surface area contributed by atoms with Gasteiger partial charge in [0.15, 0.2) is 11.5 Å². The second kappa shape index (κ2) is 7.47. The van der Waals surface area contributed by atoms with E-state index in [0.29, 0.717) is 23.7 Å². The zero-order chi connectivity index (χ0) is 15.9. The zero-order valence-corrected chi connectivity index (χ0v) is 12.4. The highest BCUT2D eigenvalue weighted by Crippen LogP contribution is 2.32. The molecule has 5 heteroatoms. The van der Waals surface area contributed by atoms with Gasteiger partial charge in [0.25, 0.3) is 0 Å². The van der Waals surface area contributed by atoms with Crippen molar-refractivity contribution < 1.29 is 19.4 Å². The number of carboxylic acids is 1. The molecule has 0 aliphatic carbocycles. The Morgan fingerprint density at radius 3 is 2.55 bits per heavy atom. The standard InChI is InChI=1S/C17H19NO4/c1-21-16-13(10-14(18)17(19)20)8-5-9-15(16)22-11-12-6-3-2-4-7-12/h2-9,14H,10-11,18H2,1H3,(H,19,20). The van der Waals surface area contributed by atoms with E-state index < -0.39 is 12.0 Å². The molecule has 0 radical (unpaired) electrons. The number of nitrogens with two attached hydrogens (primary N) is 1. The highest BCUT2D eigenvalue weighted by Gasteiger charge is 2.17. The number of methoxy groups -OCH3 is 1. The fourth-order valence-electron chi connectivity index (χ4n) is 2.13. The predicted octanol–water partition coefficient (Wildman–Crippen LogP) is 2.23. The molecule has 0 spiro atoms. The summed E-state index contributed by atoms with van der Waals surface area (Å²) in [5.41, 5.74) is 7.34. The molecular formula is C17H19NO4. The number of hydrogen-bond donors (Lipinski definition) is 2. The molecule has 0 amide bonds. The number of aliphatic carboxylic acids is 1. The zero-order valence-electron chi connectivity index (χ0n) is 12.4. The first-order valence-electron chi connectivity index (χ1n) is 6.92. The van der Waals surface area contributed by atoms with E-state index in [4.69, 9.17) is 20.3 Å². The van der Waals surface area contributed by atoms with Crippen LogP contribution in [-0.2, 0) is 17.8 Å². The van der Waals surface area contributed by atoms with E-state index in [0.717, 1.165) is 5.56 Å². The van der Waals surface area contributed by atoms with Crippen LogP contribution in [0.5, 0.6) is 11.5 Å². The van der Waals surface area contributed by atoms with Crippen LogP contribution in [0.25, 0.3) is 0 Å². The van der Waals surface area contributed by atoms with Crippen LogP contribution in [0.4, 0.5) is 0 Å². The van der Waals surface area contributed by atoms with Gasteiger partial charge < -0.3 is 20.3 Å². The fourth-order valence-corrected chi connectivity index (χ4v) is 2.13. The largest absolute Gasteiger partial charge is 0.493 e. The monoisotopic (exact) mass is 301 g/mol. The Morgan fingerprint density at radius 1 is 1.18 bits per heavy atom. The minimum Gasteiger partial charge on any atom is -0.493 e. The van der Waals surface area contributed by atoms with Crippen molar-refractivity contribution in [3.8, 4) is 11.5 Å². The molecule has 22 heavy (non-hydrogen) atoms. The second-order valence-corrected chi connectivity index (χ2v) is 4.87. The first-order valence-corrected chi connectivity index (χ1v) is 6.92. The van der Waals surface area contributed by atoms with Crippen LogP contribution in [-0.4, -0.2) is 24.2 Å². The molecule has 5 nitrogen and oxygen atoms in total. The van der Waals surface area contributed by atoms with Crippen molar-refractivity contribution in [2.75, 3.05) is 7.11 Å². The van der Waals surface area contributed by atoms with Crippen LogP contribution < -0.4 is 15.2 Å². The number of carbonyl (C=O) groups is 1. The maximum absolute atomic E-state index is 10.9. The van der Waals surface area contributed by atoms with E-state index in [1.807, 2.05) is 30.3 Å². The van der Waals surface area contributed by atoms with Gasteiger partial charge in [0.1, 0.15) is 12.6 Å². The summed E-state index contributed by atoms with van der Waals surface area (Å²) in [5.74, 6) is 0.0502. The van der Waals surface area contributed by atoms with Gasteiger partial charge in [-0.15, -0.1) is 0 Å². The Kier molecular flexibility index (Phi) is 5.38. The number of rotatable bonds is 7. The van der Waals surface area contributed by atoms with Crippen molar-refractivity contribution in [1.29, 1.82) is 0 Å². The van der Waals surface area contributed by atoms with Gasteiger partial charge in [0, 0.05) is 12.0 Å². The molecule has 0 aromatic heterocycles. The lowest BCUT2D eigenvalue weighted by molar-refractivity contribution is -0.138. The first kappa shape index (κ1) is 15.9. The number of carboxylic acid groups (broad SMARTS) is 1. The topological polar surface area (TPSA) is 81.8 Å². The van der Waals surface area contributed by atoms with Crippen molar-refractivity contribution in [1.82, 2.24) is 0 Å². The molecule has 1 unspecified atom stereocenters. The van der Waals surface area contributed by atoms with Gasteiger partial charge in [0.05, 0.1) is 7.11 Å². The molecule has 1 atom stereocenters. The lowest BCUT2D eigenvalue weighted by atomic mass is 10.0. The smallest absolute Gasteiger partial charge is 0.320 e. The van der Waals surface area contributed by atoms with Crippen LogP contribution >= 0.6 is 0 Å². The van der Waals surface area contributed by atoms with Gasteiger partial charge in [-0.05, 0) is 11.6 Å². The van der Waals surface area contributed by atoms with Gasteiger partial charge in [0.2, 0.25) is 0 Å². The Morgan fingerprint density at radius 2 is 1.91 bits per heavy atom. The summed E-state index contributed by atoms with van der Waals surface area (Å²) in [4.78, 5) is 10.9. The molecule has 0 saturated carbocycles. The van der Waals surface area contributed by atoms with E-state index in [2.05, 4.69) is 0 Å². The van der Waals surface area contributed by atoms with Crippen molar-refractivity contribution in [3.05, 3.63) is 59.7 Å². The van der Waals surface area contributed by atoms with Crippen LogP contribution in [0.1, 0.15) is 11.1 Å². The minimum absolute atomic E-state index is 0.182. The lowest BCUT2D eigenvalue weighted by Gasteiger charge is -2.15. The number of ether oxygens (including phenoxy) is 2. The van der Waals surface area contributed by atoms with E-state index in [1.165, 1.54) is 7.11 Å². The quantitative estimate of drug-likeness (QED) is 0.819. The average Bonchev–Trinajstić information content (AvgIpc) is 2.53. The Hall–Kier alpha value is -2.53. The molecule has 0 aliphatic heterocycles. The van der Waals surface area contributed by atoms with Crippen molar-refractivity contribution in [3.63, 3.8) is 0 Å². The van der Waals surface area contributed by atoms with Crippen LogP contribution in [0.15, 0.2) is 48.5 Å². The third-order valence-corrected chi connectivity index (χ3v) is 3.26. The van der Waals surface area contributed by atoms with Gasteiger partial charge in [-0.25, -0.2) is 0 Å². The SMILES string of the molecule is COc1c(CC(N)C(=O)O)cccc1OCc1ccccc1. The summed E-state index contributed by atoms with van der Waals surface area (Å²) in [6.45, 7) is 0.408. The van der Waals surface area contributed by atoms with Crippen LogP contribution in [0, 0.1) is 0 Å². The molecule has 0 saturated heterocycles. The third-order valence-electron chi connectivity index (χ3n) is 3.26. The third kappa shape index (κ3) is 3.99. The summed E-state index contributed by atoms with van der Waals surface area (Å²) < 4.78 is 11.2. The summed E-state index contributed by atoms with van der Waals surface area (Å²) in [6.07, 6.45) is 0.182. The number of para-hydroxylation sites is 1. The number of hydrogen-bond acceptors (Lipinski definition) is 4. The van der Waals surface area contributed by atoms with Crippen molar-refractivity contribution >= 4 is 5.97 Å². The molecule has 2 aromatic rings.